The molecule has 0 spiro atoms. The Morgan fingerprint density at radius 3 is 2.11 bits per heavy atom. The Bertz CT molecular complexity index is 385. The molecule has 0 radical (unpaired) electrons. The molecule has 0 heterocycles. The van der Waals surface area contributed by atoms with E-state index < -0.39 is 12.0 Å². The van der Waals surface area contributed by atoms with Crippen molar-refractivity contribution in [3.05, 3.63) is 29.8 Å². The third kappa shape index (κ3) is 4.37. The van der Waals surface area contributed by atoms with Crippen LogP contribution in [0, 0.1) is 0 Å². The van der Waals surface area contributed by atoms with E-state index in [1.807, 2.05) is 27.7 Å². The molecule has 0 aliphatic carbocycles. The van der Waals surface area contributed by atoms with E-state index in [1.165, 1.54) is 0 Å². The summed E-state index contributed by atoms with van der Waals surface area (Å²) in [5, 5.41) is 12.2. The zero-order valence-corrected chi connectivity index (χ0v) is 11.3. The Hall–Kier alpha value is -1.55. The first kappa shape index (κ1) is 14.5. The predicted molar refractivity (Wildman–Crippen MR) is 70.9 cm³/mol. The van der Waals surface area contributed by atoms with Crippen molar-refractivity contribution in [3.63, 3.8) is 0 Å². The summed E-state index contributed by atoms with van der Waals surface area (Å²) < 4.78 is 5.52. The molecule has 0 amide bonds. The van der Waals surface area contributed by atoms with Crippen molar-refractivity contribution in [1.82, 2.24) is 5.32 Å². The summed E-state index contributed by atoms with van der Waals surface area (Å²) >= 11 is 0. The molecule has 0 saturated heterocycles. The molecule has 0 saturated carbocycles. The Morgan fingerprint density at radius 1 is 1.17 bits per heavy atom. The molecule has 0 aliphatic heterocycles. The van der Waals surface area contributed by atoms with Gasteiger partial charge in [-0.1, -0.05) is 12.1 Å². The molecule has 4 nitrogen and oxygen atoms in total. The Morgan fingerprint density at radius 2 is 1.72 bits per heavy atom. The first-order valence-electron chi connectivity index (χ1n) is 6.15. The van der Waals surface area contributed by atoms with Crippen LogP contribution < -0.4 is 10.1 Å². The van der Waals surface area contributed by atoms with Gasteiger partial charge in [-0.05, 0) is 45.4 Å². The molecular formula is C14H21NO3. The molecule has 0 fully saturated rings. The van der Waals surface area contributed by atoms with E-state index in [0.29, 0.717) is 0 Å². The van der Waals surface area contributed by atoms with E-state index >= 15 is 0 Å². The van der Waals surface area contributed by atoms with Crippen LogP contribution in [0.2, 0.25) is 0 Å². The predicted octanol–water partition coefficient (Wildman–Crippen LogP) is 2.60. The zero-order chi connectivity index (χ0) is 13.7. The molecule has 1 unspecified atom stereocenters. The number of carbonyl (C=O) groups is 1. The van der Waals surface area contributed by atoms with Gasteiger partial charge in [0, 0.05) is 6.04 Å². The van der Waals surface area contributed by atoms with Crippen LogP contribution in [0.25, 0.3) is 0 Å². The molecule has 0 aromatic heterocycles. The number of rotatable bonds is 6. The molecule has 4 heteroatoms. The van der Waals surface area contributed by atoms with Crippen molar-refractivity contribution in [3.8, 4) is 5.75 Å². The van der Waals surface area contributed by atoms with E-state index in [1.54, 1.807) is 24.3 Å². The normalized spacial score (nSPS) is 12.8. The van der Waals surface area contributed by atoms with Gasteiger partial charge in [0.05, 0.1) is 6.10 Å². The fourth-order valence-electron chi connectivity index (χ4n) is 1.65. The summed E-state index contributed by atoms with van der Waals surface area (Å²) in [7, 11) is 0. The zero-order valence-electron chi connectivity index (χ0n) is 11.3. The minimum atomic E-state index is -0.874. The Balaban J connectivity index is 2.83. The number of nitrogens with one attached hydrogen (secondary N) is 1. The van der Waals surface area contributed by atoms with E-state index in [9.17, 15) is 9.90 Å². The van der Waals surface area contributed by atoms with E-state index in [0.717, 1.165) is 11.3 Å². The van der Waals surface area contributed by atoms with Gasteiger partial charge in [0.15, 0.2) is 0 Å². The van der Waals surface area contributed by atoms with E-state index in [-0.39, 0.29) is 12.1 Å². The number of hydrogen-bond donors (Lipinski definition) is 2. The van der Waals surface area contributed by atoms with Gasteiger partial charge in [0.2, 0.25) is 0 Å². The molecule has 0 aliphatic rings. The van der Waals surface area contributed by atoms with Crippen LogP contribution in [0.4, 0.5) is 0 Å². The summed E-state index contributed by atoms with van der Waals surface area (Å²) in [6.07, 6.45) is 0.111. The topological polar surface area (TPSA) is 58.6 Å². The van der Waals surface area contributed by atoms with Crippen LogP contribution in [0.3, 0.4) is 0 Å². The lowest BCUT2D eigenvalue weighted by atomic mass is 10.1. The minimum Gasteiger partial charge on any atom is -0.491 e. The molecule has 0 bridgehead atoms. The number of carboxylic acids is 1. The maximum Gasteiger partial charge on any atom is 0.325 e. The average Bonchev–Trinajstić information content (AvgIpc) is 2.26. The first-order chi connectivity index (χ1) is 8.40. The molecule has 1 atom stereocenters. The van der Waals surface area contributed by atoms with Gasteiger partial charge in [-0.25, -0.2) is 0 Å². The standard InChI is InChI=1S/C14H21NO3/c1-9(2)15-13(14(16)17)11-5-7-12(8-6-11)18-10(3)4/h5-10,13,15H,1-4H3,(H,16,17). The Labute approximate surface area is 108 Å². The number of carboxylic acid groups (broad SMARTS) is 1. The van der Waals surface area contributed by atoms with Crippen molar-refractivity contribution in [2.75, 3.05) is 0 Å². The first-order valence-corrected chi connectivity index (χ1v) is 6.15. The highest BCUT2D eigenvalue weighted by Crippen LogP contribution is 2.19. The molecule has 1 aromatic carbocycles. The smallest absolute Gasteiger partial charge is 0.325 e. The quantitative estimate of drug-likeness (QED) is 0.816. The lowest BCUT2D eigenvalue weighted by molar-refractivity contribution is -0.139. The molecule has 2 N–H and O–H groups in total. The highest BCUT2D eigenvalue weighted by Gasteiger charge is 2.20. The van der Waals surface area contributed by atoms with Crippen molar-refractivity contribution < 1.29 is 14.6 Å². The van der Waals surface area contributed by atoms with Gasteiger partial charge in [0.1, 0.15) is 11.8 Å². The summed E-state index contributed by atoms with van der Waals surface area (Å²) in [5.74, 6) is -0.122. The van der Waals surface area contributed by atoms with Gasteiger partial charge in [-0.2, -0.15) is 0 Å². The highest BCUT2D eigenvalue weighted by molar-refractivity contribution is 5.75. The second-order valence-corrected chi connectivity index (χ2v) is 4.83. The third-order valence-corrected chi connectivity index (χ3v) is 2.33. The van der Waals surface area contributed by atoms with Crippen LogP contribution in [0.5, 0.6) is 5.75 Å². The fraction of sp³-hybridized carbons (Fsp3) is 0.500. The second-order valence-electron chi connectivity index (χ2n) is 4.83. The monoisotopic (exact) mass is 251 g/mol. The van der Waals surface area contributed by atoms with Gasteiger partial charge >= 0.3 is 5.97 Å². The van der Waals surface area contributed by atoms with Gasteiger partial charge in [-0.15, -0.1) is 0 Å². The summed E-state index contributed by atoms with van der Waals surface area (Å²) in [5.41, 5.74) is 0.729. The molecule has 1 rings (SSSR count). The summed E-state index contributed by atoms with van der Waals surface area (Å²) in [6.45, 7) is 7.75. The van der Waals surface area contributed by atoms with Crippen molar-refractivity contribution in [2.45, 2.75) is 45.9 Å². The number of aliphatic carboxylic acids is 1. The van der Waals surface area contributed by atoms with Crippen molar-refractivity contribution in [2.24, 2.45) is 0 Å². The molecular weight excluding hydrogens is 230 g/mol. The van der Waals surface area contributed by atoms with Crippen molar-refractivity contribution in [1.29, 1.82) is 0 Å². The molecule has 1 aromatic rings. The molecule has 100 valence electrons. The lowest BCUT2D eigenvalue weighted by Gasteiger charge is -2.18. The van der Waals surface area contributed by atoms with Crippen LogP contribution in [0.1, 0.15) is 39.3 Å². The maximum absolute atomic E-state index is 11.2. The van der Waals surface area contributed by atoms with Crippen LogP contribution >= 0.6 is 0 Å². The second kappa shape index (κ2) is 6.40. The highest BCUT2D eigenvalue weighted by atomic mass is 16.5. The van der Waals surface area contributed by atoms with Crippen LogP contribution in [0.15, 0.2) is 24.3 Å². The number of ether oxygens (including phenoxy) is 1. The fourth-order valence-corrected chi connectivity index (χ4v) is 1.65. The lowest BCUT2D eigenvalue weighted by Crippen LogP contribution is -2.33. The third-order valence-electron chi connectivity index (χ3n) is 2.33. The summed E-state index contributed by atoms with van der Waals surface area (Å²) in [6, 6.07) is 6.59. The van der Waals surface area contributed by atoms with Gasteiger partial charge in [-0.3, -0.25) is 10.1 Å². The Kier molecular flexibility index (Phi) is 5.16. The van der Waals surface area contributed by atoms with Crippen LogP contribution in [-0.2, 0) is 4.79 Å². The van der Waals surface area contributed by atoms with E-state index in [2.05, 4.69) is 5.32 Å². The average molecular weight is 251 g/mol. The summed E-state index contributed by atoms with van der Waals surface area (Å²) in [4.78, 5) is 11.2. The van der Waals surface area contributed by atoms with Crippen LogP contribution in [-0.4, -0.2) is 23.2 Å². The van der Waals surface area contributed by atoms with Gasteiger partial charge < -0.3 is 9.84 Å². The maximum atomic E-state index is 11.2. The number of benzene rings is 1. The largest absolute Gasteiger partial charge is 0.491 e. The van der Waals surface area contributed by atoms with E-state index in [4.69, 9.17) is 4.74 Å². The molecule has 18 heavy (non-hydrogen) atoms. The SMILES string of the molecule is CC(C)NC(C(=O)O)c1ccc(OC(C)C)cc1. The number of hydrogen-bond acceptors (Lipinski definition) is 3. The van der Waals surface area contributed by atoms with Crippen molar-refractivity contribution >= 4 is 5.97 Å². The minimum absolute atomic E-state index is 0.109. The van der Waals surface area contributed by atoms with Gasteiger partial charge in [0.25, 0.3) is 0 Å².